The molecule has 2 rings (SSSR count). The first-order chi connectivity index (χ1) is 9.88. The summed E-state index contributed by atoms with van der Waals surface area (Å²) in [6.07, 6.45) is 0.887. The van der Waals surface area contributed by atoms with E-state index < -0.39 is 22.1 Å². The highest BCUT2D eigenvalue weighted by Crippen LogP contribution is 2.29. The summed E-state index contributed by atoms with van der Waals surface area (Å²) >= 11 is 9.28. The van der Waals surface area contributed by atoms with Crippen LogP contribution in [0.2, 0.25) is 5.02 Å². The Hall–Kier alpha value is -2.19. The van der Waals surface area contributed by atoms with Crippen molar-refractivity contribution in [2.75, 3.05) is 5.32 Å². The van der Waals surface area contributed by atoms with E-state index in [1.807, 2.05) is 0 Å². The molecule has 0 unspecified atom stereocenters. The fourth-order valence-electron chi connectivity index (χ4n) is 1.56. The van der Waals surface area contributed by atoms with E-state index >= 15 is 0 Å². The van der Waals surface area contributed by atoms with Crippen LogP contribution in [0.3, 0.4) is 0 Å². The predicted octanol–water partition coefficient (Wildman–Crippen LogP) is 3.85. The molecule has 1 heterocycles. The zero-order chi connectivity index (χ0) is 15.6. The third-order valence-electron chi connectivity index (χ3n) is 2.50. The molecule has 0 radical (unpaired) electrons. The van der Waals surface area contributed by atoms with Gasteiger partial charge in [-0.3, -0.25) is 10.1 Å². The second kappa shape index (κ2) is 6.06. The van der Waals surface area contributed by atoms with Crippen LogP contribution in [-0.4, -0.2) is 21.0 Å². The number of halogens is 2. The van der Waals surface area contributed by atoms with E-state index in [1.54, 1.807) is 18.2 Å². The normalized spacial score (nSPS) is 10.2. The van der Waals surface area contributed by atoms with Gasteiger partial charge in [-0.1, -0.05) is 27.5 Å². The fourth-order valence-corrected chi connectivity index (χ4v) is 2.28. The van der Waals surface area contributed by atoms with Gasteiger partial charge < -0.3 is 10.4 Å². The molecule has 0 saturated heterocycles. The second-order valence-electron chi connectivity index (χ2n) is 3.90. The van der Waals surface area contributed by atoms with E-state index in [4.69, 9.17) is 16.7 Å². The molecule has 0 spiro atoms. The summed E-state index contributed by atoms with van der Waals surface area (Å²) in [5, 5.41) is 22.9. The van der Waals surface area contributed by atoms with Gasteiger partial charge in [0.25, 0.3) is 0 Å². The number of anilines is 2. The fraction of sp³-hybridized carbons (Fsp3) is 0. The Morgan fingerprint density at radius 2 is 2.14 bits per heavy atom. The van der Waals surface area contributed by atoms with E-state index in [9.17, 15) is 14.9 Å². The van der Waals surface area contributed by atoms with Crippen LogP contribution in [0.4, 0.5) is 17.2 Å². The Kier molecular flexibility index (Phi) is 4.39. The summed E-state index contributed by atoms with van der Waals surface area (Å²) in [5.41, 5.74) is -0.529. The largest absolute Gasteiger partial charge is 0.477 e. The van der Waals surface area contributed by atoms with E-state index in [1.165, 1.54) is 0 Å². The lowest BCUT2D eigenvalue weighted by molar-refractivity contribution is -0.385. The molecule has 9 heteroatoms. The number of nitro groups is 1. The van der Waals surface area contributed by atoms with Crippen LogP contribution < -0.4 is 5.32 Å². The van der Waals surface area contributed by atoms with Gasteiger partial charge in [0, 0.05) is 10.5 Å². The number of nitrogens with one attached hydrogen (secondary N) is 1. The maximum absolute atomic E-state index is 11.1. The number of hydrogen-bond donors (Lipinski definition) is 2. The number of aromatic nitrogens is 1. The Morgan fingerprint density at radius 1 is 1.43 bits per heavy atom. The molecule has 1 aromatic heterocycles. The Balaban J connectivity index is 2.39. The van der Waals surface area contributed by atoms with Crippen LogP contribution in [0.1, 0.15) is 10.4 Å². The molecule has 0 saturated carbocycles. The quantitative estimate of drug-likeness (QED) is 0.624. The molecule has 7 nitrogen and oxygen atoms in total. The van der Waals surface area contributed by atoms with Gasteiger partial charge in [0.2, 0.25) is 0 Å². The molecule has 0 amide bonds. The van der Waals surface area contributed by atoms with Crippen molar-refractivity contribution in [1.29, 1.82) is 0 Å². The topological polar surface area (TPSA) is 105 Å². The lowest BCUT2D eigenvalue weighted by Gasteiger charge is -2.08. The van der Waals surface area contributed by atoms with Crippen molar-refractivity contribution in [2.45, 2.75) is 0 Å². The Bertz CT molecular complexity index is 738. The third-order valence-corrected chi connectivity index (χ3v) is 3.31. The van der Waals surface area contributed by atoms with Gasteiger partial charge in [-0.05, 0) is 18.2 Å². The Labute approximate surface area is 131 Å². The summed E-state index contributed by atoms with van der Waals surface area (Å²) in [6, 6.07) is 6.12. The first-order valence-corrected chi connectivity index (χ1v) is 6.65. The number of carboxylic acids is 1. The van der Waals surface area contributed by atoms with Gasteiger partial charge in [-0.25, -0.2) is 9.78 Å². The highest BCUT2D eigenvalue weighted by molar-refractivity contribution is 9.10. The summed E-state index contributed by atoms with van der Waals surface area (Å²) in [5.74, 6) is -1.27. The average molecular weight is 373 g/mol. The predicted molar refractivity (Wildman–Crippen MR) is 80.3 cm³/mol. The number of nitrogens with zero attached hydrogens (tertiary/aromatic N) is 2. The molecule has 108 valence electrons. The van der Waals surface area contributed by atoms with Crippen molar-refractivity contribution in [3.63, 3.8) is 0 Å². The standard InChI is InChI=1S/C12H7BrClN3O4/c13-6-1-2-9(8(14)3-6)16-11-4-7(12(18)19)10(5-15-11)17(20)21/h1-5H,(H,15,16)(H,18,19). The molecule has 1 aromatic carbocycles. The maximum Gasteiger partial charge on any atom is 0.342 e. The van der Waals surface area contributed by atoms with Crippen LogP contribution >= 0.6 is 27.5 Å². The van der Waals surface area contributed by atoms with Crippen LogP contribution in [-0.2, 0) is 0 Å². The van der Waals surface area contributed by atoms with Crippen LogP contribution in [0, 0.1) is 10.1 Å². The van der Waals surface area contributed by atoms with E-state index in [0.717, 1.165) is 16.7 Å². The van der Waals surface area contributed by atoms with Gasteiger partial charge in [0.1, 0.15) is 17.6 Å². The number of benzene rings is 1. The van der Waals surface area contributed by atoms with E-state index in [-0.39, 0.29) is 5.82 Å². The van der Waals surface area contributed by atoms with Gasteiger partial charge in [-0.15, -0.1) is 0 Å². The maximum atomic E-state index is 11.1. The summed E-state index contributed by atoms with van der Waals surface area (Å²) in [4.78, 5) is 24.8. The minimum absolute atomic E-state index is 0.141. The summed E-state index contributed by atoms with van der Waals surface area (Å²) in [7, 11) is 0. The zero-order valence-corrected chi connectivity index (χ0v) is 12.6. The first kappa shape index (κ1) is 15.2. The summed E-state index contributed by atoms with van der Waals surface area (Å²) in [6.45, 7) is 0. The lowest BCUT2D eigenvalue weighted by atomic mass is 10.2. The van der Waals surface area contributed by atoms with Crippen molar-refractivity contribution in [3.05, 3.63) is 55.6 Å². The smallest absolute Gasteiger partial charge is 0.342 e. The molecule has 21 heavy (non-hydrogen) atoms. The van der Waals surface area contributed by atoms with Gasteiger partial charge >= 0.3 is 11.7 Å². The van der Waals surface area contributed by atoms with Gasteiger partial charge in [-0.2, -0.15) is 0 Å². The highest BCUT2D eigenvalue weighted by atomic mass is 79.9. The molecule has 0 aliphatic heterocycles. The molecule has 0 atom stereocenters. The van der Waals surface area contributed by atoms with E-state index in [2.05, 4.69) is 26.2 Å². The van der Waals surface area contributed by atoms with Crippen molar-refractivity contribution < 1.29 is 14.8 Å². The summed E-state index contributed by atoms with van der Waals surface area (Å²) < 4.78 is 0.779. The Morgan fingerprint density at radius 3 is 2.71 bits per heavy atom. The van der Waals surface area contributed by atoms with Crippen LogP contribution in [0.25, 0.3) is 0 Å². The SMILES string of the molecule is O=C(O)c1cc(Nc2ccc(Br)cc2Cl)ncc1[N+](=O)[O-]. The zero-order valence-electron chi connectivity index (χ0n) is 10.2. The lowest BCUT2D eigenvalue weighted by Crippen LogP contribution is -2.05. The third kappa shape index (κ3) is 3.47. The number of aromatic carboxylic acids is 1. The van der Waals surface area contributed by atoms with Crippen LogP contribution in [0.15, 0.2) is 34.9 Å². The van der Waals surface area contributed by atoms with Crippen molar-refractivity contribution >= 4 is 50.7 Å². The van der Waals surface area contributed by atoms with Gasteiger partial charge in [0.05, 0.1) is 15.6 Å². The molecular formula is C12H7BrClN3O4. The minimum atomic E-state index is -1.41. The molecular weight excluding hydrogens is 366 g/mol. The average Bonchev–Trinajstić information content (AvgIpc) is 2.41. The van der Waals surface area contributed by atoms with Gasteiger partial charge in [0.15, 0.2) is 0 Å². The van der Waals surface area contributed by atoms with Crippen LogP contribution in [0.5, 0.6) is 0 Å². The minimum Gasteiger partial charge on any atom is -0.477 e. The molecule has 0 aliphatic carbocycles. The van der Waals surface area contributed by atoms with Crippen molar-refractivity contribution in [3.8, 4) is 0 Å². The molecule has 2 aromatic rings. The molecule has 0 bridgehead atoms. The number of carboxylic acid groups (broad SMARTS) is 1. The monoisotopic (exact) mass is 371 g/mol. The first-order valence-electron chi connectivity index (χ1n) is 5.48. The van der Waals surface area contributed by atoms with Crippen molar-refractivity contribution in [2.24, 2.45) is 0 Å². The van der Waals surface area contributed by atoms with Crippen molar-refractivity contribution in [1.82, 2.24) is 4.98 Å². The number of hydrogen-bond acceptors (Lipinski definition) is 5. The number of pyridine rings is 1. The van der Waals surface area contributed by atoms with E-state index in [0.29, 0.717) is 10.7 Å². The number of rotatable bonds is 4. The second-order valence-corrected chi connectivity index (χ2v) is 5.22. The molecule has 2 N–H and O–H groups in total. The molecule has 0 aliphatic rings. The molecule has 0 fully saturated rings. The number of carbonyl (C=O) groups is 1. The highest BCUT2D eigenvalue weighted by Gasteiger charge is 2.21.